The van der Waals surface area contributed by atoms with Crippen molar-refractivity contribution in [2.45, 2.75) is 19.9 Å². The summed E-state index contributed by atoms with van der Waals surface area (Å²) in [6.45, 7) is 4.01. The number of fused-ring (bicyclic) bond motifs is 1. The molecule has 1 aromatic heterocycles. The van der Waals surface area contributed by atoms with Gasteiger partial charge in [-0.15, -0.1) is 0 Å². The van der Waals surface area contributed by atoms with E-state index in [9.17, 15) is 0 Å². The molecule has 3 heteroatoms. The SMILES string of the molecule is COc1ccc2c(C)cc(C(C)N)nc2c1. The van der Waals surface area contributed by atoms with Crippen molar-refractivity contribution in [3.63, 3.8) is 0 Å². The summed E-state index contributed by atoms with van der Waals surface area (Å²) in [5, 5.41) is 1.14. The highest BCUT2D eigenvalue weighted by atomic mass is 16.5. The van der Waals surface area contributed by atoms with Gasteiger partial charge in [0, 0.05) is 17.5 Å². The Kier molecular flexibility index (Phi) is 2.79. The zero-order valence-electron chi connectivity index (χ0n) is 9.82. The van der Waals surface area contributed by atoms with Crippen LogP contribution in [0.4, 0.5) is 0 Å². The molecule has 0 saturated carbocycles. The first kappa shape index (κ1) is 10.9. The van der Waals surface area contributed by atoms with Crippen molar-refractivity contribution in [1.29, 1.82) is 0 Å². The van der Waals surface area contributed by atoms with E-state index in [0.717, 1.165) is 22.3 Å². The zero-order valence-corrected chi connectivity index (χ0v) is 9.82. The lowest BCUT2D eigenvalue weighted by molar-refractivity contribution is 0.415. The van der Waals surface area contributed by atoms with Crippen molar-refractivity contribution in [1.82, 2.24) is 4.98 Å². The number of hydrogen-bond donors (Lipinski definition) is 1. The van der Waals surface area contributed by atoms with Crippen LogP contribution in [0.5, 0.6) is 5.75 Å². The summed E-state index contributed by atoms with van der Waals surface area (Å²) in [6.07, 6.45) is 0. The van der Waals surface area contributed by atoms with Crippen molar-refractivity contribution in [3.05, 3.63) is 35.5 Å². The molecule has 1 unspecified atom stereocenters. The van der Waals surface area contributed by atoms with Crippen LogP contribution in [0, 0.1) is 6.92 Å². The molecule has 0 aliphatic heterocycles. The summed E-state index contributed by atoms with van der Waals surface area (Å²) >= 11 is 0. The summed E-state index contributed by atoms with van der Waals surface area (Å²) < 4.78 is 5.19. The van der Waals surface area contributed by atoms with E-state index in [1.165, 1.54) is 5.56 Å². The maximum atomic E-state index is 5.85. The fraction of sp³-hybridized carbons (Fsp3) is 0.308. The van der Waals surface area contributed by atoms with Crippen LogP contribution in [0.1, 0.15) is 24.2 Å². The van der Waals surface area contributed by atoms with Gasteiger partial charge < -0.3 is 10.5 Å². The van der Waals surface area contributed by atoms with E-state index >= 15 is 0 Å². The number of nitrogens with two attached hydrogens (primary N) is 1. The molecule has 0 aliphatic carbocycles. The second-order valence-electron chi connectivity index (χ2n) is 4.04. The predicted octanol–water partition coefficient (Wildman–Crippen LogP) is 2.57. The van der Waals surface area contributed by atoms with E-state index in [0.29, 0.717) is 0 Å². The van der Waals surface area contributed by atoms with Crippen LogP contribution < -0.4 is 10.5 Å². The average molecular weight is 216 g/mol. The molecule has 0 radical (unpaired) electrons. The van der Waals surface area contributed by atoms with Gasteiger partial charge in [-0.3, -0.25) is 4.98 Å². The Morgan fingerprint density at radius 3 is 2.69 bits per heavy atom. The molecule has 0 spiro atoms. The second kappa shape index (κ2) is 4.10. The highest BCUT2D eigenvalue weighted by molar-refractivity contribution is 5.83. The Balaban J connectivity index is 2.68. The summed E-state index contributed by atoms with van der Waals surface area (Å²) in [4.78, 5) is 4.54. The van der Waals surface area contributed by atoms with Crippen LogP contribution in [0.2, 0.25) is 0 Å². The van der Waals surface area contributed by atoms with Crippen LogP contribution in [0.3, 0.4) is 0 Å². The van der Waals surface area contributed by atoms with Crippen LogP contribution >= 0.6 is 0 Å². The minimum absolute atomic E-state index is 0.0469. The Hall–Kier alpha value is -1.61. The van der Waals surface area contributed by atoms with E-state index in [-0.39, 0.29) is 6.04 Å². The van der Waals surface area contributed by atoms with Crippen molar-refractivity contribution in [3.8, 4) is 5.75 Å². The van der Waals surface area contributed by atoms with Crippen LogP contribution in [0.15, 0.2) is 24.3 Å². The molecule has 2 N–H and O–H groups in total. The van der Waals surface area contributed by atoms with Gasteiger partial charge in [-0.2, -0.15) is 0 Å². The quantitative estimate of drug-likeness (QED) is 0.839. The standard InChI is InChI=1S/C13H16N2O/c1-8-6-12(9(2)14)15-13-7-10(16-3)4-5-11(8)13/h4-7,9H,14H2,1-3H3. The van der Waals surface area contributed by atoms with E-state index in [4.69, 9.17) is 10.5 Å². The molecule has 0 fully saturated rings. The maximum absolute atomic E-state index is 5.85. The summed E-state index contributed by atoms with van der Waals surface area (Å²) in [7, 11) is 1.66. The Morgan fingerprint density at radius 2 is 2.06 bits per heavy atom. The fourth-order valence-corrected chi connectivity index (χ4v) is 1.77. The molecule has 1 atom stereocenters. The molecular weight excluding hydrogens is 200 g/mol. The summed E-state index contributed by atoms with van der Waals surface area (Å²) in [6, 6.07) is 7.91. The Labute approximate surface area is 95.2 Å². The van der Waals surface area contributed by atoms with E-state index in [1.54, 1.807) is 7.11 Å². The van der Waals surface area contributed by atoms with Gasteiger partial charge in [0.15, 0.2) is 0 Å². The van der Waals surface area contributed by atoms with Gasteiger partial charge in [0.25, 0.3) is 0 Å². The first-order valence-electron chi connectivity index (χ1n) is 5.32. The third kappa shape index (κ3) is 1.86. The molecule has 1 heterocycles. The topological polar surface area (TPSA) is 48.1 Å². The van der Waals surface area contributed by atoms with E-state index < -0.39 is 0 Å². The molecular formula is C13H16N2O. The molecule has 1 aromatic carbocycles. The fourth-order valence-electron chi connectivity index (χ4n) is 1.77. The monoisotopic (exact) mass is 216 g/mol. The number of aryl methyl sites for hydroxylation is 1. The number of benzene rings is 1. The molecule has 16 heavy (non-hydrogen) atoms. The predicted molar refractivity (Wildman–Crippen MR) is 65.6 cm³/mol. The number of nitrogens with zero attached hydrogens (tertiary/aromatic N) is 1. The van der Waals surface area contributed by atoms with Gasteiger partial charge in [-0.05, 0) is 37.6 Å². The largest absolute Gasteiger partial charge is 0.497 e. The normalized spacial score (nSPS) is 12.8. The zero-order chi connectivity index (χ0) is 11.7. The Morgan fingerprint density at radius 1 is 1.31 bits per heavy atom. The molecule has 0 saturated heterocycles. The lowest BCUT2D eigenvalue weighted by Gasteiger charge is -2.10. The lowest BCUT2D eigenvalue weighted by atomic mass is 10.1. The summed E-state index contributed by atoms with van der Waals surface area (Å²) in [5.74, 6) is 0.821. The Bertz CT molecular complexity index is 521. The van der Waals surface area contributed by atoms with Crippen molar-refractivity contribution >= 4 is 10.9 Å². The molecule has 0 bridgehead atoms. The smallest absolute Gasteiger partial charge is 0.121 e. The molecule has 3 nitrogen and oxygen atoms in total. The van der Waals surface area contributed by atoms with E-state index in [1.807, 2.05) is 31.2 Å². The first-order chi connectivity index (χ1) is 7.61. The van der Waals surface area contributed by atoms with E-state index in [2.05, 4.69) is 11.9 Å². The van der Waals surface area contributed by atoms with Crippen molar-refractivity contribution in [2.75, 3.05) is 7.11 Å². The number of aromatic nitrogens is 1. The van der Waals surface area contributed by atoms with Gasteiger partial charge in [0.2, 0.25) is 0 Å². The van der Waals surface area contributed by atoms with Crippen LogP contribution in [-0.4, -0.2) is 12.1 Å². The van der Waals surface area contributed by atoms with Gasteiger partial charge in [-0.1, -0.05) is 0 Å². The van der Waals surface area contributed by atoms with Gasteiger partial charge in [0.05, 0.1) is 18.3 Å². The number of pyridine rings is 1. The number of methoxy groups -OCH3 is 1. The van der Waals surface area contributed by atoms with Crippen molar-refractivity contribution < 1.29 is 4.74 Å². The third-order valence-electron chi connectivity index (χ3n) is 2.71. The second-order valence-corrected chi connectivity index (χ2v) is 4.04. The summed E-state index contributed by atoms with van der Waals surface area (Å²) in [5.41, 5.74) is 8.90. The third-order valence-corrected chi connectivity index (χ3v) is 2.71. The molecule has 0 amide bonds. The van der Waals surface area contributed by atoms with Gasteiger partial charge in [-0.25, -0.2) is 0 Å². The highest BCUT2D eigenvalue weighted by Gasteiger charge is 2.06. The molecule has 2 aromatic rings. The maximum Gasteiger partial charge on any atom is 0.121 e. The minimum atomic E-state index is -0.0469. The van der Waals surface area contributed by atoms with Crippen LogP contribution in [0.25, 0.3) is 10.9 Å². The number of ether oxygens (including phenoxy) is 1. The minimum Gasteiger partial charge on any atom is -0.497 e. The molecule has 84 valence electrons. The van der Waals surface area contributed by atoms with Gasteiger partial charge >= 0.3 is 0 Å². The lowest BCUT2D eigenvalue weighted by Crippen LogP contribution is -2.07. The van der Waals surface area contributed by atoms with Gasteiger partial charge in [0.1, 0.15) is 5.75 Å². The van der Waals surface area contributed by atoms with Crippen LogP contribution in [-0.2, 0) is 0 Å². The first-order valence-corrected chi connectivity index (χ1v) is 5.32. The highest BCUT2D eigenvalue weighted by Crippen LogP contribution is 2.24. The van der Waals surface area contributed by atoms with Crippen molar-refractivity contribution in [2.24, 2.45) is 5.73 Å². The number of rotatable bonds is 2. The molecule has 0 aliphatic rings. The number of hydrogen-bond acceptors (Lipinski definition) is 3. The molecule has 2 rings (SSSR count). The average Bonchev–Trinajstić information content (AvgIpc) is 2.28.